The molecule has 0 bridgehead atoms. The second-order valence-electron chi connectivity index (χ2n) is 6.27. The molecule has 1 heterocycles. The third kappa shape index (κ3) is 3.14. The zero-order valence-corrected chi connectivity index (χ0v) is 13.4. The quantitative estimate of drug-likeness (QED) is 0.853. The maximum atomic E-state index is 11.9. The Balaban J connectivity index is 2.09. The Hall–Kier alpha value is -2.17. The number of fused-ring (bicyclic) bond motifs is 1. The van der Waals surface area contributed by atoms with Gasteiger partial charge in [0.1, 0.15) is 12.4 Å². The topological polar surface area (TPSA) is 72.2 Å². The third-order valence-corrected chi connectivity index (χ3v) is 4.68. The van der Waals surface area contributed by atoms with Crippen LogP contribution in [0.2, 0.25) is 0 Å². The Morgan fingerprint density at radius 3 is 2.65 bits per heavy atom. The zero-order valence-electron chi connectivity index (χ0n) is 13.4. The van der Waals surface area contributed by atoms with Crippen molar-refractivity contribution in [1.82, 2.24) is 9.55 Å². The molecule has 0 saturated heterocycles. The van der Waals surface area contributed by atoms with Crippen LogP contribution in [0, 0.1) is 0 Å². The van der Waals surface area contributed by atoms with E-state index in [1.807, 2.05) is 17.6 Å². The number of imidazole rings is 1. The average Bonchev–Trinajstić information content (AvgIpc) is 2.92. The van der Waals surface area contributed by atoms with E-state index in [2.05, 4.69) is 0 Å². The lowest BCUT2D eigenvalue weighted by molar-refractivity contribution is -0.137. The lowest BCUT2D eigenvalue weighted by Crippen LogP contribution is -2.16. The molecule has 5 nitrogen and oxygen atoms in total. The summed E-state index contributed by atoms with van der Waals surface area (Å²) in [5.74, 6) is 0.401. The fourth-order valence-electron chi connectivity index (χ4n) is 3.50. The standard InChI is InChI=1S/C18H22N2O3/c1-2-16(21)13-8-9-15-14(10-13)19-18(20(15)11-17(22)23)12-6-4-3-5-7-12/h8-10,12H,2-7,11H2,1H3,(H,22,23). The van der Waals surface area contributed by atoms with Gasteiger partial charge in [-0.2, -0.15) is 0 Å². The molecule has 1 aromatic heterocycles. The number of carbonyl (C=O) groups is 2. The van der Waals surface area contributed by atoms with E-state index in [1.54, 1.807) is 12.1 Å². The predicted octanol–water partition coefficient (Wildman–Crippen LogP) is 3.76. The molecule has 0 atom stereocenters. The van der Waals surface area contributed by atoms with Crippen LogP contribution < -0.4 is 0 Å². The third-order valence-electron chi connectivity index (χ3n) is 4.68. The summed E-state index contributed by atoms with van der Waals surface area (Å²) in [6.07, 6.45) is 6.15. The first-order valence-corrected chi connectivity index (χ1v) is 8.35. The highest BCUT2D eigenvalue weighted by Gasteiger charge is 2.23. The summed E-state index contributed by atoms with van der Waals surface area (Å²) < 4.78 is 1.81. The van der Waals surface area contributed by atoms with Crippen molar-refractivity contribution in [3.8, 4) is 0 Å². The molecule has 0 aliphatic heterocycles. The first kappa shape index (κ1) is 15.7. The first-order chi connectivity index (χ1) is 11.1. The minimum absolute atomic E-state index is 0.0800. The summed E-state index contributed by atoms with van der Waals surface area (Å²) in [6.45, 7) is 1.76. The number of hydrogen-bond donors (Lipinski definition) is 1. The number of aromatic nitrogens is 2. The molecule has 122 valence electrons. The van der Waals surface area contributed by atoms with Crippen molar-refractivity contribution in [3.63, 3.8) is 0 Å². The summed E-state index contributed by atoms with van der Waals surface area (Å²) >= 11 is 0. The molecular weight excluding hydrogens is 292 g/mol. The Kier molecular flexibility index (Phi) is 4.46. The number of benzene rings is 1. The zero-order chi connectivity index (χ0) is 16.4. The molecule has 0 amide bonds. The minimum Gasteiger partial charge on any atom is -0.480 e. The predicted molar refractivity (Wildman–Crippen MR) is 87.8 cm³/mol. The van der Waals surface area contributed by atoms with Crippen molar-refractivity contribution in [2.24, 2.45) is 0 Å². The molecule has 0 unspecified atom stereocenters. The summed E-state index contributed by atoms with van der Waals surface area (Å²) in [6, 6.07) is 5.41. The smallest absolute Gasteiger partial charge is 0.323 e. The van der Waals surface area contributed by atoms with Crippen LogP contribution in [0.1, 0.15) is 67.5 Å². The molecule has 1 aliphatic rings. The lowest BCUT2D eigenvalue weighted by Gasteiger charge is -2.21. The van der Waals surface area contributed by atoms with E-state index in [0.29, 0.717) is 17.9 Å². The van der Waals surface area contributed by atoms with Crippen LogP contribution in [0.15, 0.2) is 18.2 Å². The van der Waals surface area contributed by atoms with E-state index >= 15 is 0 Å². The van der Waals surface area contributed by atoms with Crippen LogP contribution >= 0.6 is 0 Å². The van der Waals surface area contributed by atoms with Gasteiger partial charge in [-0.25, -0.2) is 4.98 Å². The number of nitrogens with zero attached hydrogens (tertiary/aromatic N) is 2. The van der Waals surface area contributed by atoms with Gasteiger partial charge in [-0.05, 0) is 31.0 Å². The van der Waals surface area contributed by atoms with Crippen molar-refractivity contribution < 1.29 is 14.7 Å². The van der Waals surface area contributed by atoms with Crippen molar-refractivity contribution >= 4 is 22.8 Å². The Morgan fingerprint density at radius 2 is 2.00 bits per heavy atom. The van der Waals surface area contributed by atoms with Gasteiger partial charge in [-0.1, -0.05) is 26.2 Å². The molecule has 5 heteroatoms. The first-order valence-electron chi connectivity index (χ1n) is 8.35. The van der Waals surface area contributed by atoms with Gasteiger partial charge in [0.25, 0.3) is 0 Å². The van der Waals surface area contributed by atoms with E-state index < -0.39 is 5.97 Å². The number of carbonyl (C=O) groups excluding carboxylic acids is 1. The molecule has 23 heavy (non-hydrogen) atoms. The SMILES string of the molecule is CCC(=O)c1ccc2c(c1)nc(C1CCCCC1)n2CC(=O)O. The highest BCUT2D eigenvalue weighted by atomic mass is 16.4. The second kappa shape index (κ2) is 6.52. The maximum absolute atomic E-state index is 11.9. The summed E-state index contributed by atoms with van der Waals surface area (Å²) in [5, 5.41) is 9.25. The number of carboxylic acids is 1. The fourth-order valence-corrected chi connectivity index (χ4v) is 3.50. The molecule has 1 N–H and O–H groups in total. The number of rotatable bonds is 5. The van der Waals surface area contributed by atoms with Crippen LogP contribution in [0.5, 0.6) is 0 Å². The van der Waals surface area contributed by atoms with E-state index in [1.165, 1.54) is 19.3 Å². The van der Waals surface area contributed by atoms with Crippen LogP contribution in [0.25, 0.3) is 11.0 Å². The van der Waals surface area contributed by atoms with E-state index in [4.69, 9.17) is 4.98 Å². The lowest BCUT2D eigenvalue weighted by atomic mass is 9.88. The van der Waals surface area contributed by atoms with Crippen molar-refractivity contribution in [1.29, 1.82) is 0 Å². The number of aliphatic carboxylic acids is 1. The molecule has 1 aromatic carbocycles. The Morgan fingerprint density at radius 1 is 1.26 bits per heavy atom. The van der Waals surface area contributed by atoms with E-state index in [9.17, 15) is 14.7 Å². The van der Waals surface area contributed by atoms with Gasteiger partial charge in [0, 0.05) is 17.9 Å². The highest BCUT2D eigenvalue weighted by Crippen LogP contribution is 2.34. The molecule has 0 radical (unpaired) electrons. The van der Waals surface area contributed by atoms with Crippen molar-refractivity contribution in [2.45, 2.75) is 57.9 Å². The summed E-state index contributed by atoms with van der Waals surface area (Å²) in [7, 11) is 0. The Bertz CT molecular complexity index is 742. The van der Waals surface area contributed by atoms with Gasteiger partial charge in [-0.15, -0.1) is 0 Å². The average molecular weight is 314 g/mol. The number of carboxylic acid groups (broad SMARTS) is 1. The van der Waals surface area contributed by atoms with Gasteiger partial charge in [0.2, 0.25) is 0 Å². The molecule has 3 rings (SSSR count). The van der Waals surface area contributed by atoms with Crippen LogP contribution in [0.4, 0.5) is 0 Å². The second-order valence-corrected chi connectivity index (χ2v) is 6.27. The van der Waals surface area contributed by atoms with Crippen molar-refractivity contribution in [2.75, 3.05) is 0 Å². The summed E-state index contributed by atoms with van der Waals surface area (Å²) in [5.41, 5.74) is 2.18. The van der Waals surface area contributed by atoms with Gasteiger partial charge in [0.15, 0.2) is 5.78 Å². The number of hydrogen-bond acceptors (Lipinski definition) is 3. The molecule has 1 aliphatic carbocycles. The minimum atomic E-state index is -0.866. The van der Waals surface area contributed by atoms with Gasteiger partial charge in [-0.3, -0.25) is 9.59 Å². The van der Waals surface area contributed by atoms with Crippen molar-refractivity contribution in [3.05, 3.63) is 29.6 Å². The molecule has 1 fully saturated rings. The van der Waals surface area contributed by atoms with Crippen LogP contribution in [-0.4, -0.2) is 26.4 Å². The number of ketones is 1. The molecule has 1 saturated carbocycles. The van der Waals surface area contributed by atoms with Gasteiger partial charge >= 0.3 is 5.97 Å². The summed E-state index contributed by atoms with van der Waals surface area (Å²) in [4.78, 5) is 27.9. The monoisotopic (exact) mass is 314 g/mol. The highest BCUT2D eigenvalue weighted by molar-refractivity contribution is 5.98. The van der Waals surface area contributed by atoms with Crippen LogP contribution in [0.3, 0.4) is 0 Å². The number of Topliss-reactive ketones (excluding diaryl/α,β-unsaturated/α-hetero) is 1. The normalized spacial score (nSPS) is 15.9. The maximum Gasteiger partial charge on any atom is 0.323 e. The molecule has 2 aromatic rings. The van der Waals surface area contributed by atoms with Gasteiger partial charge < -0.3 is 9.67 Å². The van der Waals surface area contributed by atoms with Gasteiger partial charge in [0.05, 0.1) is 11.0 Å². The largest absolute Gasteiger partial charge is 0.480 e. The molecule has 0 spiro atoms. The van der Waals surface area contributed by atoms with E-state index in [-0.39, 0.29) is 12.3 Å². The van der Waals surface area contributed by atoms with E-state index in [0.717, 1.165) is 29.7 Å². The molecular formula is C18H22N2O3. The Labute approximate surface area is 135 Å². The fraction of sp³-hybridized carbons (Fsp3) is 0.500. The van der Waals surface area contributed by atoms with Crippen LogP contribution in [-0.2, 0) is 11.3 Å².